The van der Waals surface area contributed by atoms with E-state index >= 15 is 0 Å². The van der Waals surface area contributed by atoms with Crippen molar-refractivity contribution >= 4 is 33.1 Å². The molecule has 4 atom stereocenters. The molecule has 0 N–H and O–H groups in total. The van der Waals surface area contributed by atoms with Gasteiger partial charge in [-0.3, -0.25) is 0 Å². The molecule has 0 bridgehead atoms. The van der Waals surface area contributed by atoms with Crippen molar-refractivity contribution < 1.29 is 0 Å². The Bertz CT molecular complexity index is 1220. The highest BCUT2D eigenvalue weighted by molar-refractivity contribution is 7.17. The Morgan fingerprint density at radius 2 is 2.09 bits per heavy atom. The minimum Gasteiger partial charge on any atom is -0.374 e. The van der Waals surface area contributed by atoms with E-state index in [0.29, 0.717) is 12.0 Å². The van der Waals surface area contributed by atoms with Crippen LogP contribution in [-0.2, 0) is 6.42 Å². The van der Waals surface area contributed by atoms with Gasteiger partial charge in [-0.1, -0.05) is 62.8 Å². The number of rotatable bonds is 9. The van der Waals surface area contributed by atoms with E-state index in [4.69, 9.17) is 0 Å². The Morgan fingerprint density at radius 1 is 1.30 bits per heavy atom. The molecule has 33 heavy (non-hydrogen) atoms. The third-order valence-electron chi connectivity index (χ3n) is 8.05. The molecule has 1 fully saturated rings. The van der Waals surface area contributed by atoms with E-state index in [1.54, 1.807) is 10.1 Å². The lowest BCUT2D eigenvalue weighted by Crippen LogP contribution is -2.57. The molecule has 2 nitrogen and oxygen atoms in total. The number of nitriles is 1. The Kier molecular flexibility index (Phi) is 7.15. The van der Waals surface area contributed by atoms with E-state index in [-0.39, 0.29) is 11.8 Å². The van der Waals surface area contributed by atoms with Crippen LogP contribution >= 0.6 is 11.3 Å². The molecule has 1 aromatic heterocycles. The van der Waals surface area contributed by atoms with Gasteiger partial charge in [-0.2, -0.15) is 5.26 Å². The summed E-state index contributed by atoms with van der Waals surface area (Å²) in [7, 11) is 2.11. The first-order valence-corrected chi connectivity index (χ1v) is 13.4. The Labute approximate surface area is 203 Å². The van der Waals surface area contributed by atoms with E-state index in [9.17, 15) is 5.26 Å². The van der Waals surface area contributed by atoms with Crippen molar-refractivity contribution in [3.63, 3.8) is 0 Å². The van der Waals surface area contributed by atoms with E-state index in [2.05, 4.69) is 69.3 Å². The zero-order valence-corrected chi connectivity index (χ0v) is 21.6. The molecule has 3 heteroatoms. The van der Waals surface area contributed by atoms with Crippen LogP contribution in [0.2, 0.25) is 0 Å². The molecule has 2 aromatic rings. The lowest BCUT2D eigenvalue weighted by atomic mass is 9.70. The van der Waals surface area contributed by atoms with Gasteiger partial charge < -0.3 is 4.90 Å². The summed E-state index contributed by atoms with van der Waals surface area (Å²) in [6.07, 6.45) is 10.7. The van der Waals surface area contributed by atoms with Crippen molar-refractivity contribution in [2.75, 3.05) is 7.05 Å². The minimum atomic E-state index is -0.00582. The molecular weight excluding hydrogens is 420 g/mol. The third-order valence-corrected chi connectivity index (χ3v) is 9.33. The Balaban J connectivity index is 1.56. The third kappa shape index (κ3) is 4.31. The summed E-state index contributed by atoms with van der Waals surface area (Å²) in [4.78, 5) is 2.26. The summed E-state index contributed by atoms with van der Waals surface area (Å²) in [5.74, 6) is 0.580. The monoisotopic (exact) mass is 458 g/mol. The molecule has 1 aliphatic heterocycles. The summed E-state index contributed by atoms with van der Waals surface area (Å²) in [5.41, 5.74) is 5.51. The van der Waals surface area contributed by atoms with Gasteiger partial charge >= 0.3 is 0 Å². The van der Waals surface area contributed by atoms with Crippen molar-refractivity contribution in [2.45, 2.75) is 71.8 Å². The fourth-order valence-corrected chi connectivity index (χ4v) is 7.26. The SMILES string of the molecule is C=C(CCc1cccc2sc3c(c12)=CCCC=3CCCC)C(C)C1C(C(C)C#N)C(=C)N1C. The van der Waals surface area contributed by atoms with Gasteiger partial charge in [0.05, 0.1) is 12.0 Å². The minimum absolute atomic E-state index is 0.00582. The van der Waals surface area contributed by atoms with E-state index in [1.807, 2.05) is 18.3 Å². The van der Waals surface area contributed by atoms with Crippen LogP contribution in [0.4, 0.5) is 0 Å². The molecule has 0 spiro atoms. The number of thiophene rings is 1. The van der Waals surface area contributed by atoms with Crippen molar-refractivity contribution in [3.05, 3.63) is 57.9 Å². The second-order valence-electron chi connectivity index (χ2n) is 10.1. The van der Waals surface area contributed by atoms with E-state index in [1.165, 1.54) is 58.5 Å². The largest absolute Gasteiger partial charge is 0.374 e. The van der Waals surface area contributed by atoms with Crippen molar-refractivity contribution in [3.8, 4) is 6.07 Å². The average Bonchev–Trinajstić information content (AvgIpc) is 3.22. The number of likely N-dealkylation sites (tertiary alicyclic amines) is 1. The van der Waals surface area contributed by atoms with Crippen LogP contribution in [-0.4, -0.2) is 18.0 Å². The number of hydrogen-bond acceptors (Lipinski definition) is 3. The molecule has 0 radical (unpaired) electrons. The smallest absolute Gasteiger partial charge is 0.0660 e. The number of benzene rings is 1. The maximum atomic E-state index is 9.47. The highest BCUT2D eigenvalue weighted by Gasteiger charge is 2.46. The Morgan fingerprint density at radius 3 is 2.82 bits per heavy atom. The zero-order valence-electron chi connectivity index (χ0n) is 20.8. The molecule has 2 heterocycles. The second kappa shape index (κ2) is 9.90. The Hall–Kier alpha value is -2.31. The second-order valence-corrected chi connectivity index (χ2v) is 11.1. The normalized spacial score (nSPS) is 21.7. The van der Waals surface area contributed by atoms with Gasteiger partial charge in [0.2, 0.25) is 0 Å². The van der Waals surface area contributed by atoms with Gasteiger partial charge in [0.25, 0.3) is 0 Å². The quantitative estimate of drug-likeness (QED) is 0.399. The van der Waals surface area contributed by atoms with Crippen LogP contribution in [0.1, 0.15) is 64.9 Å². The van der Waals surface area contributed by atoms with Crippen LogP contribution in [0.3, 0.4) is 0 Å². The van der Waals surface area contributed by atoms with E-state index < -0.39 is 0 Å². The van der Waals surface area contributed by atoms with E-state index in [0.717, 1.165) is 18.5 Å². The van der Waals surface area contributed by atoms with Gasteiger partial charge in [0.15, 0.2) is 0 Å². The molecular formula is C30H38N2S. The van der Waals surface area contributed by atoms with Crippen LogP contribution in [0, 0.1) is 29.1 Å². The summed E-state index contributed by atoms with van der Waals surface area (Å²) in [6.45, 7) is 15.3. The van der Waals surface area contributed by atoms with Crippen LogP contribution < -0.4 is 9.75 Å². The number of fused-ring (bicyclic) bond motifs is 3. The van der Waals surface area contributed by atoms with Gasteiger partial charge in [0.1, 0.15) is 0 Å². The molecule has 1 saturated heterocycles. The maximum absolute atomic E-state index is 9.47. The van der Waals surface area contributed by atoms with Crippen molar-refractivity contribution in [1.29, 1.82) is 5.26 Å². The number of aryl methyl sites for hydroxylation is 1. The average molecular weight is 459 g/mol. The topological polar surface area (TPSA) is 27.0 Å². The maximum Gasteiger partial charge on any atom is 0.0660 e. The molecule has 1 aromatic carbocycles. The standard InChI is InChI=1S/C30H38N2S/c1-7-8-11-24-13-9-14-25-28-23(12-10-15-26(28)33-30(24)25)17-16-19(2)21(4)29-27(20(3)18-31)22(5)32(29)6/h10,12,14-15,20-21,27,29H,2,5,7-9,11,13,16-17H2,1,3-4,6H3. The van der Waals surface area contributed by atoms with Crippen molar-refractivity contribution in [2.24, 2.45) is 17.8 Å². The lowest BCUT2D eigenvalue weighted by molar-refractivity contribution is 0.0575. The molecule has 2 aliphatic rings. The summed E-state index contributed by atoms with van der Waals surface area (Å²) in [5, 5.41) is 12.5. The molecule has 1 aliphatic carbocycles. The highest BCUT2D eigenvalue weighted by atomic mass is 32.1. The lowest BCUT2D eigenvalue weighted by Gasteiger charge is -2.54. The van der Waals surface area contributed by atoms with Crippen LogP contribution in [0.15, 0.2) is 42.6 Å². The summed E-state index contributed by atoms with van der Waals surface area (Å²) >= 11 is 2.00. The zero-order chi connectivity index (χ0) is 23.7. The molecule has 174 valence electrons. The molecule has 0 saturated carbocycles. The van der Waals surface area contributed by atoms with Gasteiger partial charge in [-0.25, -0.2) is 0 Å². The number of unbranched alkanes of at least 4 members (excludes halogenated alkanes) is 1. The first-order valence-electron chi connectivity index (χ1n) is 12.6. The van der Waals surface area contributed by atoms with Crippen LogP contribution in [0.5, 0.6) is 0 Å². The first-order chi connectivity index (χ1) is 15.9. The fourth-order valence-electron chi connectivity index (χ4n) is 5.90. The predicted molar refractivity (Wildman–Crippen MR) is 143 cm³/mol. The van der Waals surface area contributed by atoms with Gasteiger partial charge in [0, 0.05) is 39.3 Å². The first kappa shape index (κ1) is 23.8. The van der Waals surface area contributed by atoms with Gasteiger partial charge in [-0.15, -0.1) is 11.3 Å². The number of nitrogens with zero attached hydrogens (tertiary/aromatic N) is 2. The summed E-state index contributed by atoms with van der Waals surface area (Å²) in [6, 6.07) is 9.61. The van der Waals surface area contributed by atoms with Crippen LogP contribution in [0.25, 0.3) is 21.7 Å². The molecule has 4 unspecified atom stereocenters. The fraction of sp³-hybridized carbons (Fsp3) is 0.500. The molecule has 0 amide bonds. The summed E-state index contributed by atoms with van der Waals surface area (Å²) < 4.78 is 2.98. The van der Waals surface area contributed by atoms with Crippen molar-refractivity contribution in [1.82, 2.24) is 4.90 Å². The van der Waals surface area contributed by atoms with Gasteiger partial charge in [-0.05, 0) is 68.2 Å². The highest BCUT2D eigenvalue weighted by Crippen LogP contribution is 2.44. The molecule has 4 rings (SSSR count). The predicted octanol–water partition coefficient (Wildman–Crippen LogP) is 6.54. The number of hydrogen-bond donors (Lipinski definition) is 0.